The third-order valence-electron chi connectivity index (χ3n) is 4.64. The third-order valence-corrected chi connectivity index (χ3v) is 5.77. The van der Waals surface area contributed by atoms with E-state index in [1.54, 1.807) is 24.3 Å². The fourth-order valence-corrected chi connectivity index (χ4v) is 3.92. The maximum atomic E-state index is 12.8. The van der Waals surface area contributed by atoms with Crippen LogP contribution in [0.5, 0.6) is 0 Å². The molecular weight excluding hydrogens is 312 g/mol. The monoisotopic (exact) mass is 338 g/mol. The predicted molar refractivity (Wildman–Crippen MR) is 91.3 cm³/mol. The molecule has 1 aromatic rings. The molecule has 0 radical (unpaired) electrons. The van der Waals surface area contributed by atoms with Gasteiger partial charge in [-0.3, -0.25) is 4.79 Å². The first-order chi connectivity index (χ1) is 10.9. The van der Waals surface area contributed by atoms with Crippen molar-refractivity contribution in [3.63, 3.8) is 0 Å². The Morgan fingerprint density at radius 1 is 1.09 bits per heavy atom. The van der Waals surface area contributed by atoms with Crippen LogP contribution in [-0.2, 0) is 20.0 Å². The zero-order valence-corrected chi connectivity index (χ0v) is 14.7. The summed E-state index contributed by atoms with van der Waals surface area (Å²) in [6.07, 6.45) is 6.02. The Balaban J connectivity index is 2.29. The molecule has 1 fully saturated rings. The minimum Gasteiger partial charge on any atom is -0.354 e. The van der Waals surface area contributed by atoms with Crippen LogP contribution in [0.4, 0.5) is 0 Å². The minimum atomic E-state index is -3.22. The lowest BCUT2D eigenvalue weighted by molar-refractivity contribution is -0.128. The molecule has 0 unspecified atom stereocenters. The van der Waals surface area contributed by atoms with E-state index in [1.807, 2.05) is 7.05 Å². The van der Waals surface area contributed by atoms with Crippen molar-refractivity contribution in [1.29, 1.82) is 0 Å². The Morgan fingerprint density at radius 2 is 1.70 bits per heavy atom. The van der Waals surface area contributed by atoms with Crippen molar-refractivity contribution in [3.05, 3.63) is 29.8 Å². The molecule has 23 heavy (non-hydrogen) atoms. The maximum absolute atomic E-state index is 12.8. The molecule has 2 rings (SSSR count). The highest BCUT2D eigenvalue weighted by Crippen LogP contribution is 2.40. The van der Waals surface area contributed by atoms with Crippen LogP contribution in [0.15, 0.2) is 29.2 Å². The lowest BCUT2D eigenvalue weighted by Gasteiger charge is -2.36. The van der Waals surface area contributed by atoms with Crippen molar-refractivity contribution in [1.82, 2.24) is 10.6 Å². The molecule has 0 aliphatic heterocycles. The maximum Gasteiger partial charge on any atom is 0.230 e. The highest BCUT2D eigenvalue weighted by Gasteiger charge is 2.40. The Labute approximate surface area is 138 Å². The first-order valence-corrected chi connectivity index (χ1v) is 10.0. The van der Waals surface area contributed by atoms with E-state index < -0.39 is 15.3 Å². The summed E-state index contributed by atoms with van der Waals surface area (Å²) >= 11 is 0. The number of hydrogen-bond acceptors (Lipinski definition) is 4. The van der Waals surface area contributed by atoms with Gasteiger partial charge in [0.1, 0.15) is 0 Å². The van der Waals surface area contributed by atoms with Gasteiger partial charge in [-0.15, -0.1) is 0 Å². The summed E-state index contributed by atoms with van der Waals surface area (Å²) in [6.45, 7) is 1.33. The van der Waals surface area contributed by atoms with Gasteiger partial charge in [0.2, 0.25) is 5.91 Å². The smallest absolute Gasteiger partial charge is 0.230 e. The average Bonchev–Trinajstić information content (AvgIpc) is 2.55. The van der Waals surface area contributed by atoms with Gasteiger partial charge in [-0.25, -0.2) is 8.42 Å². The van der Waals surface area contributed by atoms with Crippen LogP contribution >= 0.6 is 0 Å². The van der Waals surface area contributed by atoms with Gasteiger partial charge in [-0.1, -0.05) is 31.4 Å². The molecule has 1 aromatic carbocycles. The standard InChI is InChI=1S/C17H26N2O3S/c1-18-12-13-19-16(20)17(10-4-3-5-11-17)14-6-8-15(9-7-14)23(2,21)22/h6-9,18H,3-5,10-13H2,1-2H3,(H,19,20). The Hall–Kier alpha value is -1.40. The molecule has 128 valence electrons. The van der Waals surface area contributed by atoms with E-state index in [9.17, 15) is 13.2 Å². The molecule has 5 nitrogen and oxygen atoms in total. The van der Waals surface area contributed by atoms with E-state index in [2.05, 4.69) is 10.6 Å². The van der Waals surface area contributed by atoms with Gasteiger partial charge in [-0.05, 0) is 37.6 Å². The number of hydrogen-bond donors (Lipinski definition) is 2. The SMILES string of the molecule is CNCCNC(=O)C1(c2ccc(S(C)(=O)=O)cc2)CCCCC1. The number of likely N-dealkylation sites (N-methyl/N-ethyl adjacent to an activating group) is 1. The summed E-state index contributed by atoms with van der Waals surface area (Å²) in [6, 6.07) is 6.84. The molecule has 1 aliphatic rings. The number of carbonyl (C=O) groups excluding carboxylic acids is 1. The zero-order valence-electron chi connectivity index (χ0n) is 13.9. The fraction of sp³-hybridized carbons (Fsp3) is 0.588. The lowest BCUT2D eigenvalue weighted by atomic mass is 9.68. The van der Waals surface area contributed by atoms with Crippen LogP contribution in [-0.4, -0.2) is 40.7 Å². The normalized spacial score (nSPS) is 17.7. The molecule has 1 saturated carbocycles. The van der Waals surface area contributed by atoms with E-state index in [0.717, 1.165) is 44.2 Å². The van der Waals surface area contributed by atoms with E-state index in [0.29, 0.717) is 11.4 Å². The van der Waals surface area contributed by atoms with E-state index in [-0.39, 0.29) is 5.91 Å². The van der Waals surface area contributed by atoms with Gasteiger partial charge in [0, 0.05) is 19.3 Å². The molecule has 1 amide bonds. The van der Waals surface area contributed by atoms with E-state index in [4.69, 9.17) is 0 Å². The van der Waals surface area contributed by atoms with Crippen molar-refractivity contribution in [2.24, 2.45) is 0 Å². The average molecular weight is 338 g/mol. The largest absolute Gasteiger partial charge is 0.354 e. The topological polar surface area (TPSA) is 75.3 Å². The minimum absolute atomic E-state index is 0.0551. The summed E-state index contributed by atoms with van der Waals surface area (Å²) < 4.78 is 23.2. The van der Waals surface area contributed by atoms with Crippen molar-refractivity contribution < 1.29 is 13.2 Å². The van der Waals surface area contributed by atoms with Crippen molar-refractivity contribution in [2.75, 3.05) is 26.4 Å². The Morgan fingerprint density at radius 3 is 2.22 bits per heavy atom. The van der Waals surface area contributed by atoms with Crippen LogP contribution in [0.2, 0.25) is 0 Å². The number of nitrogens with one attached hydrogen (secondary N) is 2. The van der Waals surface area contributed by atoms with Crippen LogP contribution in [0.3, 0.4) is 0 Å². The first kappa shape index (κ1) is 17.9. The lowest BCUT2D eigenvalue weighted by Crippen LogP contribution is -2.47. The summed E-state index contributed by atoms with van der Waals surface area (Å²) in [5.74, 6) is 0.0551. The second-order valence-electron chi connectivity index (χ2n) is 6.30. The zero-order chi connectivity index (χ0) is 16.9. The highest BCUT2D eigenvalue weighted by molar-refractivity contribution is 7.90. The summed E-state index contributed by atoms with van der Waals surface area (Å²) in [4.78, 5) is 13.1. The van der Waals surface area contributed by atoms with Gasteiger partial charge in [-0.2, -0.15) is 0 Å². The molecule has 0 bridgehead atoms. The van der Waals surface area contributed by atoms with E-state index in [1.165, 1.54) is 6.26 Å². The molecule has 0 spiro atoms. The quantitative estimate of drug-likeness (QED) is 0.773. The molecular formula is C17H26N2O3S. The summed E-state index contributed by atoms with van der Waals surface area (Å²) in [5, 5.41) is 6.04. The highest BCUT2D eigenvalue weighted by atomic mass is 32.2. The molecule has 1 aliphatic carbocycles. The van der Waals surface area contributed by atoms with Crippen LogP contribution in [0, 0.1) is 0 Å². The van der Waals surface area contributed by atoms with Gasteiger partial charge in [0.05, 0.1) is 10.3 Å². The van der Waals surface area contributed by atoms with Gasteiger partial charge in [0.25, 0.3) is 0 Å². The Bertz CT molecular complexity index is 632. The van der Waals surface area contributed by atoms with Crippen LogP contribution in [0.1, 0.15) is 37.7 Å². The number of rotatable bonds is 6. The number of benzene rings is 1. The molecule has 0 saturated heterocycles. The van der Waals surface area contributed by atoms with Gasteiger partial charge >= 0.3 is 0 Å². The molecule has 0 aromatic heterocycles. The second kappa shape index (κ2) is 7.45. The van der Waals surface area contributed by atoms with Gasteiger partial charge in [0.15, 0.2) is 9.84 Å². The molecule has 0 heterocycles. The van der Waals surface area contributed by atoms with E-state index >= 15 is 0 Å². The van der Waals surface area contributed by atoms with Crippen molar-refractivity contribution in [2.45, 2.75) is 42.4 Å². The van der Waals surface area contributed by atoms with Crippen LogP contribution in [0.25, 0.3) is 0 Å². The first-order valence-electron chi connectivity index (χ1n) is 8.14. The molecule has 0 atom stereocenters. The van der Waals surface area contributed by atoms with Crippen molar-refractivity contribution >= 4 is 15.7 Å². The van der Waals surface area contributed by atoms with Crippen LogP contribution < -0.4 is 10.6 Å². The van der Waals surface area contributed by atoms with Crippen molar-refractivity contribution in [3.8, 4) is 0 Å². The Kier molecular flexibility index (Phi) is 5.81. The summed E-state index contributed by atoms with van der Waals surface area (Å²) in [7, 11) is -1.36. The number of carbonyl (C=O) groups is 1. The predicted octanol–water partition coefficient (Wildman–Crippen LogP) is 1.63. The summed E-state index contributed by atoms with van der Waals surface area (Å²) in [5.41, 5.74) is 0.397. The number of sulfone groups is 1. The second-order valence-corrected chi connectivity index (χ2v) is 8.31. The fourth-order valence-electron chi connectivity index (χ4n) is 3.29. The third kappa shape index (κ3) is 4.12. The van der Waals surface area contributed by atoms with Gasteiger partial charge < -0.3 is 10.6 Å². The number of amides is 1. The molecule has 6 heteroatoms. The molecule has 2 N–H and O–H groups in total.